The monoisotopic (exact) mass is 792 g/mol. The normalized spacial score (nSPS) is 19.0. The maximum absolute atomic E-state index is 14.1. The van der Waals surface area contributed by atoms with Gasteiger partial charge in [-0.3, -0.25) is 4.99 Å². The third-order valence-electron chi connectivity index (χ3n) is 9.81. The van der Waals surface area contributed by atoms with E-state index in [4.69, 9.17) is 10.7 Å². The molecule has 1 saturated heterocycles. The summed E-state index contributed by atoms with van der Waals surface area (Å²) in [6.07, 6.45) is 3.79. The van der Waals surface area contributed by atoms with Crippen LogP contribution in [-0.2, 0) is 12.8 Å². The molecule has 12 heteroatoms. The van der Waals surface area contributed by atoms with Crippen molar-refractivity contribution in [2.75, 3.05) is 64.4 Å². The van der Waals surface area contributed by atoms with Crippen molar-refractivity contribution in [2.45, 2.75) is 50.2 Å². The molecule has 3 aliphatic rings. The smallest absolute Gasteiger partial charge is 0.322 e. The van der Waals surface area contributed by atoms with Crippen LogP contribution in [0.2, 0.25) is 0 Å². The SMILES string of the molecule is CN(C)CCCN1C([C@@H](Cc2cc(Br)c(N)c(Br)c2)NC(=O)N2CCC(N3CCc4ccccc4NC3=O)CC2)=NCC1c1ccccc1. The van der Waals surface area contributed by atoms with Gasteiger partial charge in [0.1, 0.15) is 5.84 Å². The van der Waals surface area contributed by atoms with Gasteiger partial charge < -0.3 is 36.0 Å². The minimum atomic E-state index is -0.351. The number of nitrogens with two attached hydrogens (primary N) is 1. The minimum absolute atomic E-state index is 0.0599. The van der Waals surface area contributed by atoms with E-state index in [0.717, 1.165) is 70.4 Å². The van der Waals surface area contributed by atoms with Crippen LogP contribution in [0.4, 0.5) is 21.0 Å². The molecule has 0 saturated carbocycles. The molecule has 1 unspecified atom stereocenters. The predicted octanol–water partition coefficient (Wildman–Crippen LogP) is 6.38. The zero-order valence-electron chi connectivity index (χ0n) is 28.2. The fraction of sp³-hybridized carbons (Fsp3) is 0.432. The van der Waals surface area contributed by atoms with E-state index in [1.54, 1.807) is 0 Å². The Morgan fingerprint density at radius 3 is 2.45 bits per heavy atom. The van der Waals surface area contributed by atoms with Crippen molar-refractivity contribution in [3.63, 3.8) is 0 Å². The van der Waals surface area contributed by atoms with E-state index in [-0.39, 0.29) is 30.2 Å². The molecule has 3 aromatic rings. The number of piperidine rings is 1. The van der Waals surface area contributed by atoms with Gasteiger partial charge in [0.25, 0.3) is 0 Å². The Hall–Kier alpha value is -3.61. The predicted molar refractivity (Wildman–Crippen MR) is 204 cm³/mol. The number of halogens is 2. The quantitative estimate of drug-likeness (QED) is 0.207. The van der Waals surface area contributed by atoms with Crippen LogP contribution >= 0.6 is 31.9 Å². The number of likely N-dealkylation sites (tertiary alicyclic amines) is 1. The van der Waals surface area contributed by atoms with Crippen molar-refractivity contribution >= 4 is 61.1 Å². The highest BCUT2D eigenvalue weighted by Gasteiger charge is 2.36. The molecule has 10 nitrogen and oxygen atoms in total. The van der Waals surface area contributed by atoms with Gasteiger partial charge in [0.15, 0.2) is 0 Å². The van der Waals surface area contributed by atoms with Crippen LogP contribution in [-0.4, -0.2) is 103 Å². The third-order valence-corrected chi connectivity index (χ3v) is 11.1. The lowest BCUT2D eigenvalue weighted by Gasteiger charge is -2.39. The number of rotatable bonds is 10. The van der Waals surface area contributed by atoms with Gasteiger partial charge in [-0.25, -0.2) is 9.59 Å². The van der Waals surface area contributed by atoms with Crippen LogP contribution < -0.4 is 16.4 Å². The van der Waals surface area contributed by atoms with Gasteiger partial charge in [-0.2, -0.15) is 0 Å². The number of carbonyl (C=O) groups is 2. The van der Waals surface area contributed by atoms with E-state index < -0.39 is 0 Å². The number of aliphatic imine (C=N–C) groups is 1. The maximum Gasteiger partial charge on any atom is 0.322 e. The Morgan fingerprint density at radius 1 is 1.04 bits per heavy atom. The number of fused-ring (bicyclic) bond motifs is 1. The molecule has 3 aromatic carbocycles. The number of nitrogens with zero attached hydrogens (tertiary/aromatic N) is 5. The van der Waals surface area contributed by atoms with Gasteiger partial charge in [0, 0.05) is 53.3 Å². The highest BCUT2D eigenvalue weighted by atomic mass is 79.9. The molecular formula is C37H46Br2N8O2. The third kappa shape index (κ3) is 8.41. The van der Waals surface area contributed by atoms with Gasteiger partial charge >= 0.3 is 12.1 Å². The highest BCUT2D eigenvalue weighted by molar-refractivity contribution is 9.11. The summed E-state index contributed by atoms with van der Waals surface area (Å²) >= 11 is 7.22. The van der Waals surface area contributed by atoms with E-state index in [1.807, 2.05) is 46.2 Å². The average Bonchev–Trinajstić information content (AvgIpc) is 3.43. The molecule has 260 valence electrons. The van der Waals surface area contributed by atoms with Gasteiger partial charge in [0.2, 0.25) is 0 Å². The summed E-state index contributed by atoms with van der Waals surface area (Å²) in [5.41, 5.74) is 11.2. The molecule has 0 radical (unpaired) electrons. The zero-order valence-corrected chi connectivity index (χ0v) is 31.4. The summed E-state index contributed by atoms with van der Waals surface area (Å²) in [5.74, 6) is 0.903. The topological polar surface area (TPSA) is 110 Å². The first-order valence-corrected chi connectivity index (χ1v) is 18.7. The minimum Gasteiger partial charge on any atom is -0.397 e. The van der Waals surface area contributed by atoms with E-state index in [0.29, 0.717) is 38.3 Å². The lowest BCUT2D eigenvalue weighted by molar-refractivity contribution is 0.134. The Morgan fingerprint density at radius 2 is 1.73 bits per heavy atom. The van der Waals surface area contributed by atoms with Crippen molar-refractivity contribution in [3.8, 4) is 0 Å². The van der Waals surface area contributed by atoms with E-state index in [1.165, 1.54) is 5.56 Å². The molecule has 3 heterocycles. The summed E-state index contributed by atoms with van der Waals surface area (Å²) in [5, 5.41) is 6.50. The Balaban J connectivity index is 1.18. The maximum atomic E-state index is 14.1. The number of carbonyl (C=O) groups excluding carboxylic acids is 2. The van der Waals surface area contributed by atoms with Gasteiger partial charge in [-0.1, -0.05) is 48.5 Å². The van der Waals surface area contributed by atoms with Crippen molar-refractivity contribution in [1.82, 2.24) is 24.9 Å². The van der Waals surface area contributed by atoms with Crippen LogP contribution in [0.25, 0.3) is 0 Å². The van der Waals surface area contributed by atoms with Crippen molar-refractivity contribution in [3.05, 3.63) is 92.4 Å². The molecule has 3 aliphatic heterocycles. The zero-order chi connectivity index (χ0) is 34.5. The molecule has 2 atom stereocenters. The number of hydrogen-bond acceptors (Lipinski definition) is 6. The number of amidine groups is 1. The first-order chi connectivity index (χ1) is 23.7. The fourth-order valence-corrected chi connectivity index (χ4v) is 8.47. The number of nitrogen functional groups attached to an aromatic ring is 1. The van der Waals surface area contributed by atoms with Gasteiger partial charge in [-0.15, -0.1) is 0 Å². The summed E-state index contributed by atoms with van der Waals surface area (Å²) in [6.45, 7) is 4.23. The Kier molecular flexibility index (Phi) is 11.5. The number of hydrogen-bond donors (Lipinski definition) is 3. The number of nitrogens with one attached hydrogen (secondary N) is 2. The summed E-state index contributed by atoms with van der Waals surface area (Å²) in [7, 11) is 4.18. The molecule has 49 heavy (non-hydrogen) atoms. The highest BCUT2D eigenvalue weighted by Crippen LogP contribution is 2.32. The molecule has 0 aliphatic carbocycles. The van der Waals surface area contributed by atoms with Crippen molar-refractivity contribution in [1.29, 1.82) is 0 Å². The second kappa shape index (κ2) is 15.9. The molecule has 4 N–H and O–H groups in total. The lowest BCUT2D eigenvalue weighted by atomic mass is 10.0. The second-order valence-electron chi connectivity index (χ2n) is 13.4. The lowest BCUT2D eigenvalue weighted by Crippen LogP contribution is -2.56. The summed E-state index contributed by atoms with van der Waals surface area (Å²) in [6, 6.07) is 22.2. The number of amides is 4. The number of urea groups is 2. The van der Waals surface area contributed by atoms with E-state index >= 15 is 0 Å². The standard InChI is InChI=1S/C37H46Br2N8O2/c1-44(2)16-8-17-47-33(27-10-4-3-5-11-27)24-41-35(47)32(23-25-21-29(38)34(40)30(39)22-25)43-36(48)45-18-14-28(15-19-45)46-20-13-26-9-6-7-12-31(26)42-37(46)49/h3-7,9-12,21-22,28,32-33H,8,13-20,23-24,40H2,1-2H3,(H,42,49)(H,43,48)/t32-,33?/m1/s1. The van der Waals surface area contributed by atoms with Crippen molar-refractivity contribution in [2.24, 2.45) is 4.99 Å². The molecule has 0 aromatic heterocycles. The van der Waals surface area contributed by atoms with E-state index in [9.17, 15) is 9.59 Å². The molecule has 0 bridgehead atoms. The van der Waals surface area contributed by atoms with Crippen LogP contribution in [0.3, 0.4) is 0 Å². The van der Waals surface area contributed by atoms with Crippen LogP contribution in [0.5, 0.6) is 0 Å². The second-order valence-corrected chi connectivity index (χ2v) is 15.1. The van der Waals surface area contributed by atoms with Crippen LogP contribution in [0, 0.1) is 0 Å². The summed E-state index contributed by atoms with van der Waals surface area (Å²) < 4.78 is 1.62. The van der Waals surface area contributed by atoms with Crippen LogP contribution in [0.1, 0.15) is 42.0 Å². The van der Waals surface area contributed by atoms with Crippen LogP contribution in [0.15, 0.2) is 80.7 Å². The molecule has 4 amide bonds. The first-order valence-electron chi connectivity index (χ1n) is 17.1. The molecular weight excluding hydrogens is 748 g/mol. The Bertz CT molecular complexity index is 1640. The Labute approximate surface area is 306 Å². The van der Waals surface area contributed by atoms with Gasteiger partial charge in [0.05, 0.1) is 24.3 Å². The molecule has 6 rings (SSSR count). The van der Waals surface area contributed by atoms with Gasteiger partial charge in [-0.05, 0) is 113 Å². The number of anilines is 2. The molecule has 1 fully saturated rings. The average molecular weight is 795 g/mol. The number of para-hydroxylation sites is 1. The fourth-order valence-electron chi connectivity index (χ4n) is 7.18. The summed E-state index contributed by atoms with van der Waals surface area (Å²) in [4.78, 5) is 40.8. The number of benzene rings is 3. The first kappa shape index (κ1) is 35.2. The largest absolute Gasteiger partial charge is 0.397 e. The van der Waals surface area contributed by atoms with E-state index in [2.05, 4.69) is 96.7 Å². The molecule has 0 spiro atoms. The van der Waals surface area contributed by atoms with Crippen molar-refractivity contribution < 1.29 is 9.59 Å².